The number of carbonyl (C=O) groups excluding carboxylic acids is 1. The smallest absolute Gasteiger partial charge is 0.226 e. The van der Waals surface area contributed by atoms with Gasteiger partial charge in [-0.1, -0.05) is 17.7 Å². The number of hydrogen-bond donors (Lipinski definition) is 1. The molecule has 2 fully saturated rings. The van der Waals surface area contributed by atoms with E-state index in [0.717, 1.165) is 32.4 Å². The maximum Gasteiger partial charge on any atom is 0.226 e. The van der Waals surface area contributed by atoms with Gasteiger partial charge in [0.2, 0.25) is 5.91 Å². The molecular weight excluding hydrogens is 326 g/mol. The standard InChI is InChI=1S/C16H20ClFN2O.ClH/c1-20(10-11-13(17)3-2-4-14(11)18)15(21)12-9-16(12)5-7-19-8-6-16;/h2-4,12,19H,5-10H2,1H3;1H. The van der Waals surface area contributed by atoms with Gasteiger partial charge in [0, 0.05) is 30.1 Å². The molecule has 3 rings (SSSR count). The van der Waals surface area contributed by atoms with Crippen LogP contribution >= 0.6 is 24.0 Å². The first kappa shape index (κ1) is 17.5. The van der Waals surface area contributed by atoms with Crippen LogP contribution in [0, 0.1) is 17.2 Å². The molecule has 1 aromatic carbocycles. The SMILES string of the molecule is CN(Cc1c(F)cccc1Cl)C(=O)C1CC12CCNCC2.Cl. The Morgan fingerprint density at radius 3 is 2.77 bits per heavy atom. The van der Waals surface area contributed by atoms with Crippen molar-refractivity contribution in [2.75, 3.05) is 20.1 Å². The average Bonchev–Trinajstić information content (AvgIpc) is 3.16. The summed E-state index contributed by atoms with van der Waals surface area (Å²) in [7, 11) is 1.73. The summed E-state index contributed by atoms with van der Waals surface area (Å²) in [6, 6.07) is 4.61. The number of nitrogens with zero attached hydrogens (tertiary/aromatic N) is 1. The normalized spacial score (nSPS) is 22.0. The topological polar surface area (TPSA) is 32.3 Å². The zero-order valence-corrected chi connectivity index (χ0v) is 14.1. The van der Waals surface area contributed by atoms with Gasteiger partial charge >= 0.3 is 0 Å². The number of halogens is 3. The van der Waals surface area contributed by atoms with Gasteiger partial charge in [-0.25, -0.2) is 4.39 Å². The molecule has 1 atom stereocenters. The van der Waals surface area contributed by atoms with Crippen LogP contribution in [0.2, 0.25) is 5.02 Å². The predicted molar refractivity (Wildman–Crippen MR) is 87.8 cm³/mol. The summed E-state index contributed by atoms with van der Waals surface area (Å²) in [6.07, 6.45) is 3.11. The second kappa shape index (κ2) is 6.73. The maximum atomic E-state index is 13.8. The highest BCUT2D eigenvalue weighted by atomic mass is 35.5. The van der Waals surface area contributed by atoms with Crippen molar-refractivity contribution in [1.82, 2.24) is 10.2 Å². The van der Waals surface area contributed by atoms with Crippen molar-refractivity contribution in [3.05, 3.63) is 34.6 Å². The van der Waals surface area contributed by atoms with E-state index in [1.165, 1.54) is 6.07 Å². The molecule has 0 radical (unpaired) electrons. The predicted octanol–water partition coefficient (Wildman–Crippen LogP) is 3.25. The summed E-state index contributed by atoms with van der Waals surface area (Å²) < 4.78 is 13.8. The van der Waals surface area contributed by atoms with Gasteiger partial charge in [0.05, 0.1) is 0 Å². The van der Waals surface area contributed by atoms with E-state index in [4.69, 9.17) is 11.6 Å². The van der Waals surface area contributed by atoms with E-state index in [1.807, 2.05) is 0 Å². The third-order valence-corrected chi connectivity index (χ3v) is 5.27. The summed E-state index contributed by atoms with van der Waals surface area (Å²) in [5.74, 6) is -0.124. The van der Waals surface area contributed by atoms with Crippen LogP contribution in [0.4, 0.5) is 4.39 Å². The summed E-state index contributed by atoms with van der Waals surface area (Å²) in [5.41, 5.74) is 0.602. The number of amides is 1. The molecular formula is C16H21Cl2FN2O. The molecule has 1 aliphatic carbocycles. The Hall–Kier alpha value is -0.840. The van der Waals surface area contributed by atoms with Crippen LogP contribution in [0.5, 0.6) is 0 Å². The van der Waals surface area contributed by atoms with Crippen molar-refractivity contribution in [3.63, 3.8) is 0 Å². The monoisotopic (exact) mass is 346 g/mol. The molecule has 1 amide bonds. The van der Waals surface area contributed by atoms with Crippen molar-refractivity contribution in [1.29, 1.82) is 0 Å². The fourth-order valence-corrected chi connectivity index (χ4v) is 3.66. The van der Waals surface area contributed by atoms with Gasteiger partial charge in [-0.05, 0) is 49.9 Å². The molecule has 1 N–H and O–H groups in total. The van der Waals surface area contributed by atoms with Crippen LogP contribution in [-0.4, -0.2) is 30.9 Å². The van der Waals surface area contributed by atoms with Gasteiger partial charge < -0.3 is 10.2 Å². The van der Waals surface area contributed by atoms with Crippen LogP contribution in [0.1, 0.15) is 24.8 Å². The minimum Gasteiger partial charge on any atom is -0.341 e. The van der Waals surface area contributed by atoms with Gasteiger partial charge in [-0.3, -0.25) is 4.79 Å². The molecule has 1 spiro atoms. The van der Waals surface area contributed by atoms with Crippen LogP contribution in [0.25, 0.3) is 0 Å². The first-order valence-corrected chi connectivity index (χ1v) is 7.80. The van der Waals surface area contributed by atoms with Crippen LogP contribution in [0.3, 0.4) is 0 Å². The Morgan fingerprint density at radius 2 is 2.14 bits per heavy atom. The Balaban J connectivity index is 0.00000176. The molecule has 1 saturated heterocycles. The molecule has 1 heterocycles. The maximum absolute atomic E-state index is 13.8. The Labute approximate surface area is 141 Å². The van der Waals surface area contributed by atoms with Crippen molar-refractivity contribution >= 4 is 29.9 Å². The summed E-state index contributed by atoms with van der Waals surface area (Å²) >= 11 is 6.03. The molecule has 22 heavy (non-hydrogen) atoms. The minimum absolute atomic E-state index is 0. The van der Waals surface area contributed by atoms with Crippen LogP contribution < -0.4 is 5.32 Å². The zero-order valence-electron chi connectivity index (χ0n) is 12.6. The lowest BCUT2D eigenvalue weighted by Gasteiger charge is -2.25. The van der Waals surface area contributed by atoms with E-state index < -0.39 is 0 Å². The first-order chi connectivity index (χ1) is 10.0. The summed E-state index contributed by atoms with van der Waals surface area (Å²) in [4.78, 5) is 14.2. The highest BCUT2D eigenvalue weighted by Crippen LogP contribution is 2.59. The fraction of sp³-hybridized carbons (Fsp3) is 0.562. The molecule has 1 aromatic rings. The van der Waals surface area contributed by atoms with E-state index in [0.29, 0.717) is 10.6 Å². The van der Waals surface area contributed by atoms with Gasteiger partial charge in [-0.15, -0.1) is 12.4 Å². The molecule has 1 unspecified atom stereocenters. The molecule has 122 valence electrons. The average molecular weight is 347 g/mol. The van der Waals surface area contributed by atoms with Crippen LogP contribution in [0.15, 0.2) is 18.2 Å². The largest absolute Gasteiger partial charge is 0.341 e. The highest BCUT2D eigenvalue weighted by molar-refractivity contribution is 6.31. The Morgan fingerprint density at radius 1 is 1.45 bits per heavy atom. The lowest BCUT2D eigenvalue weighted by molar-refractivity contribution is -0.132. The second-order valence-corrected chi connectivity index (χ2v) is 6.67. The van der Waals surface area contributed by atoms with E-state index in [-0.39, 0.29) is 42.0 Å². The lowest BCUT2D eigenvalue weighted by atomic mass is 9.91. The summed E-state index contributed by atoms with van der Waals surface area (Å²) in [6.45, 7) is 2.22. The number of rotatable bonds is 3. The molecule has 1 saturated carbocycles. The number of nitrogens with one attached hydrogen (secondary N) is 1. The molecule has 0 bridgehead atoms. The molecule has 6 heteroatoms. The third-order valence-electron chi connectivity index (χ3n) is 4.92. The Bertz CT molecular complexity index is 541. The van der Waals surface area contributed by atoms with Gasteiger partial charge in [-0.2, -0.15) is 0 Å². The molecule has 3 nitrogen and oxygen atoms in total. The fourth-order valence-electron chi connectivity index (χ4n) is 3.44. The quantitative estimate of drug-likeness (QED) is 0.910. The zero-order chi connectivity index (χ0) is 15.0. The van der Waals surface area contributed by atoms with Gasteiger partial charge in [0.25, 0.3) is 0 Å². The minimum atomic E-state index is -0.352. The molecule has 1 aliphatic heterocycles. The van der Waals surface area contributed by atoms with Crippen LogP contribution in [-0.2, 0) is 11.3 Å². The van der Waals surface area contributed by atoms with Crippen molar-refractivity contribution < 1.29 is 9.18 Å². The van der Waals surface area contributed by atoms with E-state index in [9.17, 15) is 9.18 Å². The number of piperidine rings is 1. The van der Waals surface area contributed by atoms with Gasteiger partial charge in [0.1, 0.15) is 5.82 Å². The van der Waals surface area contributed by atoms with Gasteiger partial charge in [0.15, 0.2) is 0 Å². The molecule has 2 aliphatic rings. The molecule has 0 aromatic heterocycles. The van der Waals surface area contributed by atoms with Crippen molar-refractivity contribution in [2.45, 2.75) is 25.8 Å². The number of hydrogen-bond acceptors (Lipinski definition) is 2. The number of carbonyl (C=O) groups is 1. The van der Waals surface area contributed by atoms with Crippen molar-refractivity contribution in [2.24, 2.45) is 11.3 Å². The third kappa shape index (κ3) is 3.24. The Kier molecular flexibility index (Phi) is 5.36. The second-order valence-electron chi connectivity index (χ2n) is 6.26. The highest BCUT2D eigenvalue weighted by Gasteiger charge is 2.58. The summed E-state index contributed by atoms with van der Waals surface area (Å²) in [5, 5.41) is 3.71. The lowest BCUT2D eigenvalue weighted by Crippen LogP contribution is -2.34. The van der Waals surface area contributed by atoms with Crippen molar-refractivity contribution in [3.8, 4) is 0 Å². The van der Waals surface area contributed by atoms with E-state index in [1.54, 1.807) is 24.1 Å². The van der Waals surface area contributed by atoms with E-state index >= 15 is 0 Å². The van der Waals surface area contributed by atoms with E-state index in [2.05, 4.69) is 5.32 Å². The number of benzene rings is 1. The first-order valence-electron chi connectivity index (χ1n) is 7.42.